The average Bonchev–Trinajstić information content (AvgIpc) is 3.68. The van der Waals surface area contributed by atoms with Crippen LogP contribution < -0.4 is 14.8 Å². The number of ether oxygens (including phenoxy) is 2. The number of nitrogens with zero attached hydrogens (tertiary/aromatic N) is 3. The molecule has 0 bridgehead atoms. The van der Waals surface area contributed by atoms with Crippen molar-refractivity contribution in [1.82, 2.24) is 14.8 Å². The highest BCUT2D eigenvalue weighted by Crippen LogP contribution is 2.40. The van der Waals surface area contributed by atoms with Crippen molar-refractivity contribution in [1.29, 1.82) is 0 Å². The van der Waals surface area contributed by atoms with E-state index in [4.69, 9.17) is 9.47 Å². The second-order valence-corrected chi connectivity index (χ2v) is 15.9. The molecule has 5 rings (SSSR count). The van der Waals surface area contributed by atoms with E-state index in [0.717, 1.165) is 70.3 Å². The number of hydrogen-bond acceptors (Lipinski definition) is 6. The number of para-hydroxylation sites is 1. The van der Waals surface area contributed by atoms with Gasteiger partial charge in [0.05, 0.1) is 29.9 Å². The number of hydrogen-bond donors (Lipinski definition) is 2. The summed E-state index contributed by atoms with van der Waals surface area (Å²) in [6.07, 6.45) is 7.20. The van der Waals surface area contributed by atoms with E-state index in [-0.39, 0.29) is 11.8 Å². The fourth-order valence-electron chi connectivity index (χ4n) is 8.42. The smallest absolute Gasteiger partial charge is 0.352 e. The molecule has 3 aromatic carbocycles. The molecule has 0 saturated heterocycles. The molecule has 0 aliphatic carbocycles. The summed E-state index contributed by atoms with van der Waals surface area (Å²) >= 11 is 0. The van der Waals surface area contributed by atoms with Crippen LogP contribution in [0, 0.1) is 20.8 Å². The zero-order valence-corrected chi connectivity index (χ0v) is 36.8. The van der Waals surface area contributed by atoms with Crippen LogP contribution in [0.3, 0.4) is 0 Å². The Hall–Kier alpha value is -5.90. The van der Waals surface area contributed by atoms with Crippen LogP contribution in [0.25, 0.3) is 22.2 Å². The summed E-state index contributed by atoms with van der Waals surface area (Å²) < 4.78 is 14.5. The van der Waals surface area contributed by atoms with Crippen LogP contribution in [-0.2, 0) is 17.8 Å². The zero-order valence-electron chi connectivity index (χ0n) is 36.8. The number of carbonyl (C=O) groups is 3. The molecule has 1 unspecified atom stereocenters. The second-order valence-electron chi connectivity index (χ2n) is 15.9. The summed E-state index contributed by atoms with van der Waals surface area (Å²) in [5.74, 6) is -0.0708. The van der Waals surface area contributed by atoms with Crippen LogP contribution >= 0.6 is 0 Å². The molecule has 10 heteroatoms. The van der Waals surface area contributed by atoms with Crippen molar-refractivity contribution in [3.05, 3.63) is 118 Å². The van der Waals surface area contributed by atoms with Crippen LogP contribution in [0.15, 0.2) is 78.3 Å². The molecule has 318 valence electrons. The Morgan fingerprint density at radius 2 is 1.63 bits per heavy atom. The van der Waals surface area contributed by atoms with Crippen LogP contribution in [0.5, 0.6) is 11.5 Å². The molecule has 0 spiro atoms. The Balaban J connectivity index is 1.31. The maximum atomic E-state index is 13.5. The summed E-state index contributed by atoms with van der Waals surface area (Å²) in [7, 11) is 3.35. The minimum atomic E-state index is -0.942. The lowest BCUT2D eigenvalue weighted by Crippen LogP contribution is -2.45. The number of carboxylic acid groups (broad SMARTS) is 1. The van der Waals surface area contributed by atoms with Gasteiger partial charge in [0.25, 0.3) is 5.91 Å². The van der Waals surface area contributed by atoms with Crippen molar-refractivity contribution in [2.45, 2.75) is 105 Å². The number of aromatic nitrogens is 1. The minimum Gasteiger partial charge on any atom is -0.494 e. The molecule has 60 heavy (non-hydrogen) atoms. The largest absolute Gasteiger partial charge is 0.494 e. The second kappa shape index (κ2) is 20.4. The van der Waals surface area contributed by atoms with Crippen LogP contribution in [-0.4, -0.2) is 71.4 Å². The number of rotatable bonds is 21. The first-order chi connectivity index (χ1) is 28.8. The molecule has 1 aromatic heterocycles. The summed E-state index contributed by atoms with van der Waals surface area (Å²) in [5.41, 5.74) is 11.3. The molecule has 1 aliphatic heterocycles. The van der Waals surface area contributed by atoms with E-state index in [9.17, 15) is 19.5 Å². The van der Waals surface area contributed by atoms with E-state index in [1.54, 1.807) is 32.3 Å². The van der Waals surface area contributed by atoms with E-state index in [1.165, 1.54) is 21.6 Å². The Kier molecular flexibility index (Phi) is 15.3. The quantitative estimate of drug-likeness (QED) is 0.0491. The van der Waals surface area contributed by atoms with Gasteiger partial charge in [-0.3, -0.25) is 19.5 Å². The SMILES string of the molecule is C=CCCC(C(=O)NC)N1C(=C)c2c(OCCCCCCn3c(C(=O)O)c(CCCOc4cc(C)c(C)c(C)c4)c4cccc(C(C(C)=NC)=C(C)C)c43)cccc2C1=O. The summed E-state index contributed by atoms with van der Waals surface area (Å²) in [5, 5.41) is 14.4. The highest BCUT2D eigenvalue weighted by atomic mass is 16.5. The van der Waals surface area contributed by atoms with Gasteiger partial charge in [-0.1, -0.05) is 55.3 Å². The van der Waals surface area contributed by atoms with Gasteiger partial charge in [0.2, 0.25) is 5.91 Å². The maximum Gasteiger partial charge on any atom is 0.352 e. The molecular formula is C50H62N4O6. The van der Waals surface area contributed by atoms with Crippen molar-refractivity contribution >= 4 is 45.7 Å². The molecule has 4 aromatic rings. The van der Waals surface area contributed by atoms with Crippen LogP contribution in [0.4, 0.5) is 0 Å². The van der Waals surface area contributed by atoms with Gasteiger partial charge in [-0.25, -0.2) is 4.79 Å². The molecule has 0 radical (unpaired) electrons. The maximum absolute atomic E-state index is 13.5. The summed E-state index contributed by atoms with van der Waals surface area (Å²) in [6, 6.07) is 14.9. The topological polar surface area (TPSA) is 122 Å². The van der Waals surface area contributed by atoms with E-state index in [2.05, 4.69) is 76.3 Å². The number of aliphatic imine (C=N–C) groups is 1. The molecule has 0 fully saturated rings. The third-order valence-corrected chi connectivity index (χ3v) is 11.7. The van der Waals surface area contributed by atoms with Crippen molar-refractivity contribution in [2.24, 2.45) is 4.99 Å². The molecular weight excluding hydrogens is 753 g/mol. The molecule has 1 atom stereocenters. The van der Waals surface area contributed by atoms with Crippen molar-refractivity contribution in [3.63, 3.8) is 0 Å². The van der Waals surface area contributed by atoms with Gasteiger partial charge in [-0.15, -0.1) is 6.58 Å². The fraction of sp³-hybridized carbons (Fsp3) is 0.400. The van der Waals surface area contributed by atoms with E-state index >= 15 is 0 Å². The highest BCUT2D eigenvalue weighted by molar-refractivity contribution is 6.26. The lowest BCUT2D eigenvalue weighted by molar-refractivity contribution is -0.124. The number of carbonyl (C=O) groups excluding carboxylic acids is 2. The molecule has 0 saturated carbocycles. The van der Waals surface area contributed by atoms with Crippen molar-refractivity contribution < 1.29 is 29.0 Å². The average molecular weight is 815 g/mol. The standard InChI is InChI=1S/C50H62N4O6/c1-11-12-24-42(48(55)52-10)54-36(8)45-41(49(54)56)22-18-25-43(45)60-27-16-14-13-15-26-53-46-38(20-17-21-40(46)44(31(2)3)35(7)51-9)39(47(53)50(57)58)23-19-28-59-37-29-32(4)34(6)33(5)30-37/h11,17-18,20-22,25,29-30,42H,1,8,12-16,19,23-24,26-28H2,2-7,9-10H3,(H,52,55)(H,57,58). The lowest BCUT2D eigenvalue weighted by Gasteiger charge is -2.27. The first-order valence-corrected chi connectivity index (χ1v) is 21.1. The number of carboxylic acids is 1. The Morgan fingerprint density at radius 3 is 2.28 bits per heavy atom. The predicted octanol–water partition coefficient (Wildman–Crippen LogP) is 10.3. The van der Waals surface area contributed by atoms with Gasteiger partial charge >= 0.3 is 5.97 Å². The number of aryl methyl sites for hydroxylation is 4. The van der Waals surface area contributed by atoms with Crippen molar-refractivity contribution in [3.8, 4) is 11.5 Å². The highest BCUT2D eigenvalue weighted by Gasteiger charge is 2.40. The fourth-order valence-corrected chi connectivity index (χ4v) is 8.42. The number of amides is 2. The van der Waals surface area contributed by atoms with Gasteiger partial charge in [-0.2, -0.15) is 0 Å². The number of allylic oxidation sites excluding steroid dienone is 3. The molecule has 2 N–H and O–H groups in total. The first-order valence-electron chi connectivity index (χ1n) is 21.1. The number of nitrogens with one attached hydrogen (secondary N) is 1. The van der Waals surface area contributed by atoms with Gasteiger partial charge < -0.3 is 24.5 Å². The van der Waals surface area contributed by atoms with Gasteiger partial charge in [0.1, 0.15) is 23.2 Å². The Bertz CT molecular complexity index is 2320. The van der Waals surface area contributed by atoms with Crippen molar-refractivity contribution in [2.75, 3.05) is 27.3 Å². The van der Waals surface area contributed by atoms with E-state index in [1.807, 2.05) is 29.7 Å². The number of unbranched alkanes of at least 4 members (excludes halogenated alkanes) is 3. The van der Waals surface area contributed by atoms with Gasteiger partial charge in [0, 0.05) is 48.6 Å². The third-order valence-electron chi connectivity index (χ3n) is 11.7. The molecule has 2 heterocycles. The lowest BCUT2D eigenvalue weighted by atomic mass is 9.94. The number of fused-ring (bicyclic) bond motifs is 2. The molecule has 10 nitrogen and oxygen atoms in total. The monoisotopic (exact) mass is 814 g/mol. The Labute approximate surface area is 355 Å². The first kappa shape index (κ1) is 45.2. The predicted molar refractivity (Wildman–Crippen MR) is 244 cm³/mol. The molecule has 2 amide bonds. The van der Waals surface area contributed by atoms with E-state index in [0.29, 0.717) is 73.7 Å². The van der Waals surface area contributed by atoms with E-state index < -0.39 is 12.0 Å². The summed E-state index contributed by atoms with van der Waals surface area (Å²) in [6.45, 7) is 21.9. The van der Waals surface area contributed by atoms with Gasteiger partial charge in [-0.05, 0) is 127 Å². The number of aromatic carboxylic acids is 1. The normalized spacial score (nSPS) is 13.1. The third kappa shape index (κ3) is 9.59. The van der Waals surface area contributed by atoms with Crippen LogP contribution in [0.1, 0.15) is 120 Å². The number of likely N-dealkylation sites (N-methyl/N-ethyl adjacent to an activating group) is 1. The summed E-state index contributed by atoms with van der Waals surface area (Å²) in [4.78, 5) is 45.6. The van der Waals surface area contributed by atoms with Gasteiger partial charge in [0.15, 0.2) is 0 Å². The molecule has 1 aliphatic rings. The number of benzene rings is 3. The zero-order chi connectivity index (χ0) is 43.7. The van der Waals surface area contributed by atoms with Crippen LogP contribution in [0.2, 0.25) is 0 Å². The minimum absolute atomic E-state index is 0.256. The Morgan fingerprint density at radius 1 is 0.950 bits per heavy atom.